The number of carboxylic acids is 1. The molecule has 0 aromatic heterocycles. The SMILES string of the molecule is CC(C)(CO)NC(=O)c1ccc(Oc2cc(F)c(CC(=O)O)cc2Cl)c(NS(=O)(=O)c2ccc(C3CC3)cc2Cl)c1. The van der Waals surface area contributed by atoms with Gasteiger partial charge in [0, 0.05) is 17.2 Å². The predicted molar refractivity (Wildman–Crippen MR) is 152 cm³/mol. The molecule has 41 heavy (non-hydrogen) atoms. The monoisotopic (exact) mass is 624 g/mol. The van der Waals surface area contributed by atoms with Crippen molar-refractivity contribution in [2.75, 3.05) is 11.3 Å². The van der Waals surface area contributed by atoms with Crippen molar-refractivity contribution in [2.45, 2.75) is 49.5 Å². The number of hydrogen-bond acceptors (Lipinski definition) is 6. The second kappa shape index (κ2) is 11.8. The summed E-state index contributed by atoms with van der Waals surface area (Å²) < 4.78 is 49.6. The lowest BCUT2D eigenvalue weighted by Crippen LogP contribution is -2.46. The molecule has 0 radical (unpaired) electrons. The van der Waals surface area contributed by atoms with Crippen molar-refractivity contribution in [3.05, 3.63) is 81.1 Å². The van der Waals surface area contributed by atoms with Crippen LogP contribution in [0, 0.1) is 5.82 Å². The van der Waals surface area contributed by atoms with Gasteiger partial charge in [-0.2, -0.15) is 0 Å². The zero-order valence-electron chi connectivity index (χ0n) is 22.0. The fourth-order valence-corrected chi connectivity index (χ4v) is 5.77. The normalized spacial score (nSPS) is 13.5. The van der Waals surface area contributed by atoms with E-state index in [9.17, 15) is 27.5 Å². The van der Waals surface area contributed by atoms with E-state index in [1.54, 1.807) is 26.0 Å². The Kier molecular flexibility index (Phi) is 8.84. The number of halogens is 3. The molecule has 0 aliphatic heterocycles. The molecule has 0 unspecified atom stereocenters. The number of amides is 1. The van der Waals surface area contributed by atoms with E-state index in [0.29, 0.717) is 5.92 Å². The van der Waals surface area contributed by atoms with Crippen LogP contribution in [0.4, 0.5) is 10.1 Å². The van der Waals surface area contributed by atoms with E-state index in [1.165, 1.54) is 24.3 Å². The lowest BCUT2D eigenvalue weighted by atomic mass is 10.1. The standard InChI is InChI=1S/C28H27Cl2FN2O7S/c1-28(2,14-34)32-27(37)17-5-7-23(40-24-13-21(31)18(10-19(24)29)12-26(35)36)22(11-17)33-41(38,39)25-8-6-16(9-20(25)30)15-3-4-15/h5-11,13,15,33-34H,3-4,12,14H2,1-2H3,(H,32,37)(H,35,36). The Morgan fingerprint density at radius 2 is 1.76 bits per heavy atom. The number of carbonyl (C=O) groups is 2. The third kappa shape index (κ3) is 7.48. The Morgan fingerprint density at radius 1 is 1.05 bits per heavy atom. The molecular formula is C28H27Cl2FN2O7S. The van der Waals surface area contributed by atoms with E-state index in [1.807, 2.05) is 0 Å². The van der Waals surface area contributed by atoms with E-state index in [4.69, 9.17) is 33.0 Å². The molecule has 0 saturated heterocycles. The van der Waals surface area contributed by atoms with Gasteiger partial charge in [0.25, 0.3) is 15.9 Å². The van der Waals surface area contributed by atoms with Gasteiger partial charge in [-0.05, 0) is 74.6 Å². The van der Waals surface area contributed by atoms with Crippen LogP contribution in [0.5, 0.6) is 11.5 Å². The van der Waals surface area contributed by atoms with Gasteiger partial charge in [-0.25, -0.2) is 12.8 Å². The summed E-state index contributed by atoms with van der Waals surface area (Å²) in [5, 5.41) is 21.0. The lowest BCUT2D eigenvalue weighted by Gasteiger charge is -2.24. The van der Waals surface area contributed by atoms with E-state index in [2.05, 4.69) is 10.0 Å². The van der Waals surface area contributed by atoms with Gasteiger partial charge in [-0.3, -0.25) is 14.3 Å². The summed E-state index contributed by atoms with van der Waals surface area (Å²) in [5.74, 6) is -2.76. The van der Waals surface area contributed by atoms with Gasteiger partial charge in [-0.15, -0.1) is 0 Å². The zero-order valence-corrected chi connectivity index (χ0v) is 24.3. The number of anilines is 1. The summed E-state index contributed by atoms with van der Waals surface area (Å²) in [6.07, 6.45) is 1.40. The number of ether oxygens (including phenoxy) is 1. The van der Waals surface area contributed by atoms with Gasteiger partial charge in [0.1, 0.15) is 16.5 Å². The number of aliphatic hydroxyl groups excluding tert-OH is 1. The van der Waals surface area contributed by atoms with Gasteiger partial charge in [0.05, 0.1) is 34.3 Å². The molecule has 9 nitrogen and oxygen atoms in total. The Bertz CT molecular complexity index is 1630. The topological polar surface area (TPSA) is 142 Å². The number of sulfonamides is 1. The van der Waals surface area contributed by atoms with Crippen LogP contribution in [0.25, 0.3) is 0 Å². The number of benzene rings is 3. The van der Waals surface area contributed by atoms with Crippen molar-refractivity contribution in [1.82, 2.24) is 5.32 Å². The summed E-state index contributed by atoms with van der Waals surface area (Å²) in [5.41, 5.74) is -0.357. The maximum absolute atomic E-state index is 14.6. The molecule has 1 amide bonds. The smallest absolute Gasteiger partial charge is 0.307 e. The molecule has 4 rings (SSSR count). The molecule has 13 heteroatoms. The van der Waals surface area contributed by atoms with Crippen molar-refractivity contribution < 1.29 is 37.3 Å². The third-order valence-electron chi connectivity index (χ3n) is 6.29. The van der Waals surface area contributed by atoms with Crippen molar-refractivity contribution in [3.8, 4) is 11.5 Å². The molecule has 3 aromatic rings. The largest absolute Gasteiger partial charge is 0.481 e. The summed E-state index contributed by atoms with van der Waals surface area (Å²) in [7, 11) is -4.31. The molecule has 1 aliphatic carbocycles. The van der Waals surface area contributed by atoms with Crippen molar-refractivity contribution in [2.24, 2.45) is 0 Å². The van der Waals surface area contributed by atoms with Gasteiger partial charge in [-0.1, -0.05) is 29.3 Å². The molecule has 0 atom stereocenters. The Balaban J connectivity index is 1.73. The number of nitrogens with one attached hydrogen (secondary N) is 2. The van der Waals surface area contributed by atoms with Crippen LogP contribution in [0.3, 0.4) is 0 Å². The average molecular weight is 626 g/mol. The second-order valence-electron chi connectivity index (χ2n) is 10.3. The molecular weight excluding hydrogens is 598 g/mol. The van der Waals surface area contributed by atoms with Gasteiger partial charge >= 0.3 is 5.97 Å². The fourth-order valence-electron chi connectivity index (χ4n) is 3.93. The third-order valence-corrected chi connectivity index (χ3v) is 8.43. The van der Waals surface area contributed by atoms with Gasteiger partial charge < -0.3 is 20.3 Å². The summed E-state index contributed by atoms with van der Waals surface area (Å²) in [4.78, 5) is 23.7. The number of aliphatic hydroxyl groups is 1. The molecule has 218 valence electrons. The van der Waals surface area contributed by atoms with Gasteiger partial charge in [0.15, 0.2) is 5.75 Å². The summed E-state index contributed by atoms with van der Waals surface area (Å²) in [6.45, 7) is 2.85. The van der Waals surface area contributed by atoms with E-state index in [-0.39, 0.29) is 49.9 Å². The van der Waals surface area contributed by atoms with Crippen LogP contribution in [-0.4, -0.2) is 42.7 Å². The summed E-state index contributed by atoms with van der Waals surface area (Å²) >= 11 is 12.6. The first-order valence-corrected chi connectivity index (χ1v) is 14.7. The zero-order chi connectivity index (χ0) is 30.1. The highest BCUT2D eigenvalue weighted by atomic mass is 35.5. The summed E-state index contributed by atoms with van der Waals surface area (Å²) in [6, 6.07) is 10.5. The second-order valence-corrected chi connectivity index (χ2v) is 12.8. The first-order chi connectivity index (χ1) is 19.2. The number of hydrogen-bond donors (Lipinski definition) is 4. The number of aliphatic carboxylic acids is 1. The van der Waals surface area contributed by atoms with Crippen molar-refractivity contribution in [1.29, 1.82) is 0 Å². The maximum Gasteiger partial charge on any atom is 0.307 e. The Labute approximate surface area is 246 Å². The van der Waals surface area contributed by atoms with Crippen molar-refractivity contribution >= 4 is 50.8 Å². The fraction of sp³-hybridized carbons (Fsp3) is 0.286. The molecule has 1 saturated carbocycles. The van der Waals surface area contributed by atoms with E-state index >= 15 is 0 Å². The first-order valence-electron chi connectivity index (χ1n) is 12.5. The van der Waals surface area contributed by atoms with Crippen LogP contribution in [0.2, 0.25) is 10.0 Å². The maximum atomic E-state index is 14.6. The molecule has 0 spiro atoms. The molecule has 3 aromatic carbocycles. The Hall–Kier alpha value is -3.38. The minimum Gasteiger partial charge on any atom is -0.481 e. The van der Waals surface area contributed by atoms with Crippen molar-refractivity contribution in [3.63, 3.8) is 0 Å². The van der Waals surface area contributed by atoms with Crippen LogP contribution >= 0.6 is 23.2 Å². The molecule has 0 heterocycles. The number of carboxylic acid groups (broad SMARTS) is 1. The molecule has 1 aliphatic rings. The quantitative estimate of drug-likeness (QED) is 0.213. The van der Waals surface area contributed by atoms with E-state index in [0.717, 1.165) is 30.5 Å². The van der Waals surface area contributed by atoms with Crippen LogP contribution in [0.1, 0.15) is 54.1 Å². The minimum absolute atomic E-state index is 0.0158. The van der Waals surface area contributed by atoms with Crippen LogP contribution in [0.15, 0.2) is 53.4 Å². The molecule has 1 fully saturated rings. The lowest BCUT2D eigenvalue weighted by molar-refractivity contribution is -0.136. The van der Waals surface area contributed by atoms with Crippen LogP contribution < -0.4 is 14.8 Å². The number of rotatable bonds is 11. The van der Waals surface area contributed by atoms with E-state index < -0.39 is 39.7 Å². The molecule has 4 N–H and O–H groups in total. The molecule has 0 bridgehead atoms. The van der Waals surface area contributed by atoms with Gasteiger partial charge in [0.2, 0.25) is 0 Å². The Morgan fingerprint density at radius 3 is 2.37 bits per heavy atom. The van der Waals surface area contributed by atoms with Crippen LogP contribution in [-0.2, 0) is 21.2 Å². The highest BCUT2D eigenvalue weighted by Crippen LogP contribution is 2.42. The highest BCUT2D eigenvalue weighted by Gasteiger charge is 2.27. The predicted octanol–water partition coefficient (Wildman–Crippen LogP) is 5.73. The minimum atomic E-state index is -4.31. The highest BCUT2D eigenvalue weighted by molar-refractivity contribution is 7.92. The average Bonchev–Trinajstić information content (AvgIpc) is 3.72. The number of carbonyl (C=O) groups excluding carboxylic acids is 1. The first kappa shape index (κ1) is 30.6.